The first kappa shape index (κ1) is 16.0. The molecule has 43 valence electrons. The van der Waals surface area contributed by atoms with E-state index in [0.717, 1.165) is 17.4 Å². The Hall–Kier alpha value is 1.06. The molecule has 0 aliphatic rings. The molecule has 8 heavy (non-hydrogen) atoms. The molecule has 1 N–H and O–H groups in total. The van der Waals surface area contributed by atoms with E-state index >= 15 is 0 Å². The van der Waals surface area contributed by atoms with Gasteiger partial charge in [0.1, 0.15) is 0 Å². The Labute approximate surface area is 66.5 Å². The Bertz CT molecular complexity index is 71.8. The van der Waals surface area contributed by atoms with E-state index in [-0.39, 0.29) is 18.9 Å². The summed E-state index contributed by atoms with van der Waals surface area (Å²) in [6.07, 6.45) is 0. The number of halogens is 1. The fourth-order valence-corrected chi connectivity index (χ4v) is 0. The van der Waals surface area contributed by atoms with Gasteiger partial charge in [0.2, 0.25) is 0 Å². The monoisotopic (exact) mass is 173 g/mol. The molecular formula is HFLiO4PV. The molecule has 0 rings (SSSR count). The van der Waals surface area contributed by atoms with Gasteiger partial charge in [0.15, 0.2) is 0 Å². The molecule has 0 aliphatic heterocycles. The van der Waals surface area contributed by atoms with Crippen LogP contribution in [0.4, 0.5) is 4.20 Å². The Kier molecular flexibility index (Phi) is 16.2. The van der Waals surface area contributed by atoms with Crippen molar-refractivity contribution in [2.45, 2.75) is 0 Å². The molecule has 0 amide bonds. The molecule has 0 aliphatic carbocycles. The van der Waals surface area contributed by atoms with Crippen molar-refractivity contribution in [3.63, 3.8) is 0 Å². The zero-order chi connectivity index (χ0) is 6.50. The van der Waals surface area contributed by atoms with E-state index in [1.807, 2.05) is 0 Å². The van der Waals surface area contributed by atoms with Crippen molar-refractivity contribution in [1.29, 1.82) is 0 Å². The van der Waals surface area contributed by atoms with Crippen LogP contribution in [0.2, 0.25) is 0 Å². The molecule has 0 aromatic heterocycles. The van der Waals surface area contributed by atoms with Crippen LogP contribution in [0.1, 0.15) is 0 Å². The normalized spacial score (nSPS) is 13.8. The van der Waals surface area contributed by atoms with Crippen molar-refractivity contribution in [2.24, 2.45) is 0 Å². The van der Waals surface area contributed by atoms with Crippen LogP contribution in [0.3, 0.4) is 0 Å². The Morgan fingerprint density at radius 1 is 1.62 bits per heavy atom. The number of hydrogen-bond donors (Lipinski definition) is 1. The van der Waals surface area contributed by atoms with E-state index in [1.54, 1.807) is 0 Å². The van der Waals surface area contributed by atoms with Gasteiger partial charge in [-0.1, -0.05) is 0 Å². The van der Waals surface area contributed by atoms with Gasteiger partial charge in [-0.2, -0.15) is 4.20 Å². The molecule has 1 unspecified atom stereocenters. The predicted octanol–water partition coefficient (Wildman–Crippen LogP) is -3.70. The standard InChI is InChI=1S/FH2O3P.Li.O.V/c1-5(2,3)4;;;/h(H2,2,3,4);;;/q;+1;;/p-1. The second-order valence-corrected chi connectivity index (χ2v) is 1.35. The fraction of sp³-hybridized carbons (Fsp3) is 0. The molecule has 1 atom stereocenters. The number of hydrogen-bond acceptors (Lipinski definition) is 3. The van der Waals surface area contributed by atoms with Crippen molar-refractivity contribution in [3.8, 4) is 0 Å². The van der Waals surface area contributed by atoms with Crippen LogP contribution in [0, 0.1) is 0 Å². The molecule has 0 saturated heterocycles. The van der Waals surface area contributed by atoms with Crippen LogP contribution in [0.15, 0.2) is 0 Å². The maximum atomic E-state index is 10.2. The van der Waals surface area contributed by atoms with Gasteiger partial charge in [-0.25, -0.2) is 0 Å². The van der Waals surface area contributed by atoms with Crippen LogP contribution in [-0.4, -0.2) is 4.89 Å². The molecule has 0 aromatic carbocycles. The summed E-state index contributed by atoms with van der Waals surface area (Å²) in [6.45, 7) is 0. The average molecular weight is 173 g/mol. The summed E-state index contributed by atoms with van der Waals surface area (Å²) in [5.41, 5.74) is 0. The third-order valence-electron chi connectivity index (χ3n) is 0. The zero-order valence-corrected chi connectivity index (χ0v) is 6.24. The van der Waals surface area contributed by atoms with E-state index in [4.69, 9.17) is 18.0 Å². The predicted molar refractivity (Wildman–Crippen MR) is 11.6 cm³/mol. The molecular weight excluding hydrogens is 172 g/mol. The molecule has 0 fully saturated rings. The van der Waals surface area contributed by atoms with Crippen molar-refractivity contribution in [1.82, 2.24) is 0 Å². The molecule has 0 heterocycles. The summed E-state index contributed by atoms with van der Waals surface area (Å²) < 4.78 is 27.0. The van der Waals surface area contributed by atoms with Crippen molar-refractivity contribution >= 4 is 7.91 Å². The maximum absolute atomic E-state index is 10.2. The van der Waals surface area contributed by atoms with E-state index in [1.165, 1.54) is 0 Å². The molecule has 8 heteroatoms. The molecule has 0 aromatic rings. The third-order valence-corrected chi connectivity index (χ3v) is 0. The molecule has 0 saturated carbocycles. The van der Waals surface area contributed by atoms with Gasteiger partial charge in [0, 0.05) is 0 Å². The van der Waals surface area contributed by atoms with Crippen molar-refractivity contribution in [2.75, 3.05) is 0 Å². The molecule has 0 spiro atoms. The summed E-state index contributed by atoms with van der Waals surface area (Å²) in [5.74, 6) is 0. The SMILES string of the molecule is O=P([O-])(O)F.[Li+].[O]=[V]. The van der Waals surface area contributed by atoms with Gasteiger partial charge in [0.05, 0.1) is 0 Å². The van der Waals surface area contributed by atoms with Crippen LogP contribution < -0.4 is 23.8 Å². The van der Waals surface area contributed by atoms with Gasteiger partial charge in [-0.15, -0.1) is 0 Å². The summed E-state index contributed by atoms with van der Waals surface area (Å²) in [7, 11) is -5.39. The van der Waals surface area contributed by atoms with Crippen LogP contribution in [0.5, 0.6) is 0 Å². The number of rotatable bonds is 0. The van der Waals surface area contributed by atoms with Crippen molar-refractivity contribution in [3.05, 3.63) is 0 Å². The average Bonchev–Trinajstić information content (AvgIpc) is 1.36. The second-order valence-electron chi connectivity index (χ2n) is 0.451. The first-order valence-corrected chi connectivity index (χ1v) is 2.96. The Morgan fingerprint density at radius 2 is 1.62 bits per heavy atom. The van der Waals surface area contributed by atoms with Gasteiger partial charge in [-0.3, -0.25) is 4.57 Å². The Morgan fingerprint density at radius 3 is 1.62 bits per heavy atom. The zero-order valence-electron chi connectivity index (χ0n) is 3.94. The van der Waals surface area contributed by atoms with Gasteiger partial charge < -0.3 is 9.79 Å². The summed E-state index contributed by atoms with van der Waals surface area (Å²) in [5, 5.41) is 0. The van der Waals surface area contributed by atoms with Gasteiger partial charge in [-0.05, 0) is 0 Å². The molecule has 0 radical (unpaired) electrons. The first-order chi connectivity index (χ1) is 3.00. The van der Waals surface area contributed by atoms with Crippen LogP contribution in [-0.2, 0) is 25.6 Å². The molecule has 4 nitrogen and oxygen atoms in total. The quantitative estimate of drug-likeness (QED) is 0.302. The minimum atomic E-state index is -5.39. The van der Waals surface area contributed by atoms with E-state index in [2.05, 4.69) is 0 Å². The van der Waals surface area contributed by atoms with E-state index in [0.29, 0.717) is 0 Å². The second kappa shape index (κ2) is 8.06. The molecule has 0 bridgehead atoms. The third kappa shape index (κ3) is 230. The summed E-state index contributed by atoms with van der Waals surface area (Å²) in [4.78, 5) is 15.4. The Balaban J connectivity index is -0.0000000750. The van der Waals surface area contributed by atoms with Crippen molar-refractivity contribution < 1.29 is 58.5 Å². The minimum absolute atomic E-state index is 0. The van der Waals surface area contributed by atoms with E-state index in [9.17, 15) is 4.20 Å². The van der Waals surface area contributed by atoms with Crippen LogP contribution in [0.25, 0.3) is 0 Å². The van der Waals surface area contributed by atoms with Gasteiger partial charge >= 0.3 is 47.8 Å². The van der Waals surface area contributed by atoms with Crippen LogP contribution >= 0.6 is 7.91 Å². The van der Waals surface area contributed by atoms with Gasteiger partial charge in [0.25, 0.3) is 0 Å². The van der Waals surface area contributed by atoms with E-state index < -0.39 is 7.91 Å². The summed E-state index contributed by atoms with van der Waals surface area (Å²) >= 11 is 1.06. The topological polar surface area (TPSA) is 77.4 Å². The summed E-state index contributed by atoms with van der Waals surface area (Å²) in [6, 6.07) is 0. The first-order valence-electron chi connectivity index (χ1n) is 0.917. The fourth-order valence-electron chi connectivity index (χ4n) is 0.